The SMILES string of the molecule is C/C=C\C(=C(/C)c1ccccc1)C1(O)c2ccccc2-c2c(Br)cccc21. The van der Waals surface area contributed by atoms with Gasteiger partial charge in [0.1, 0.15) is 5.60 Å². The molecule has 1 unspecified atom stereocenters. The monoisotopic (exact) mass is 416 g/mol. The van der Waals surface area contributed by atoms with Gasteiger partial charge in [0.25, 0.3) is 0 Å². The van der Waals surface area contributed by atoms with Gasteiger partial charge in [0.15, 0.2) is 0 Å². The first-order chi connectivity index (χ1) is 13.1. The Labute approximate surface area is 168 Å². The second-order valence-corrected chi connectivity index (χ2v) is 7.68. The Hall–Kier alpha value is -2.42. The lowest BCUT2D eigenvalue weighted by Crippen LogP contribution is -2.27. The number of fused-ring (bicyclic) bond motifs is 3. The number of allylic oxidation sites excluding steroid dienone is 2. The Morgan fingerprint density at radius 1 is 0.889 bits per heavy atom. The van der Waals surface area contributed by atoms with Gasteiger partial charge >= 0.3 is 0 Å². The van der Waals surface area contributed by atoms with Crippen LogP contribution < -0.4 is 0 Å². The summed E-state index contributed by atoms with van der Waals surface area (Å²) < 4.78 is 1.00. The first kappa shape index (κ1) is 18.0. The minimum Gasteiger partial charge on any atom is -0.376 e. The van der Waals surface area contributed by atoms with Gasteiger partial charge in [0.2, 0.25) is 0 Å². The van der Waals surface area contributed by atoms with Gasteiger partial charge in [-0.25, -0.2) is 0 Å². The molecule has 3 aromatic carbocycles. The van der Waals surface area contributed by atoms with Crippen LogP contribution in [0.2, 0.25) is 0 Å². The van der Waals surface area contributed by atoms with E-state index in [9.17, 15) is 5.11 Å². The van der Waals surface area contributed by atoms with Crippen molar-refractivity contribution < 1.29 is 5.11 Å². The lowest BCUT2D eigenvalue weighted by Gasteiger charge is -2.29. The van der Waals surface area contributed by atoms with Crippen LogP contribution >= 0.6 is 15.9 Å². The predicted molar refractivity (Wildman–Crippen MR) is 116 cm³/mol. The summed E-state index contributed by atoms with van der Waals surface area (Å²) in [6.07, 6.45) is 4.04. The third-order valence-corrected chi connectivity index (χ3v) is 5.98. The summed E-state index contributed by atoms with van der Waals surface area (Å²) in [4.78, 5) is 0. The van der Waals surface area contributed by atoms with Crippen LogP contribution in [0.1, 0.15) is 30.5 Å². The summed E-state index contributed by atoms with van der Waals surface area (Å²) in [5, 5.41) is 12.2. The van der Waals surface area contributed by atoms with Crippen LogP contribution in [0.25, 0.3) is 16.7 Å². The third kappa shape index (κ3) is 2.72. The van der Waals surface area contributed by atoms with E-state index in [1.807, 2.05) is 73.7 Å². The summed E-state index contributed by atoms with van der Waals surface area (Å²) in [6, 6.07) is 24.4. The molecule has 3 aromatic rings. The summed E-state index contributed by atoms with van der Waals surface area (Å²) in [7, 11) is 0. The second-order valence-electron chi connectivity index (χ2n) is 6.82. The van der Waals surface area contributed by atoms with Gasteiger partial charge in [-0.15, -0.1) is 0 Å². The summed E-state index contributed by atoms with van der Waals surface area (Å²) in [6.45, 7) is 4.07. The van der Waals surface area contributed by atoms with Crippen molar-refractivity contribution in [2.75, 3.05) is 0 Å². The van der Waals surface area contributed by atoms with E-state index in [2.05, 4.69) is 41.1 Å². The largest absolute Gasteiger partial charge is 0.376 e. The Morgan fingerprint density at radius 3 is 2.30 bits per heavy atom. The summed E-state index contributed by atoms with van der Waals surface area (Å²) in [5.74, 6) is 0. The lowest BCUT2D eigenvalue weighted by molar-refractivity contribution is 0.130. The van der Waals surface area contributed by atoms with E-state index in [0.717, 1.165) is 43.4 Å². The van der Waals surface area contributed by atoms with Gasteiger partial charge in [-0.3, -0.25) is 0 Å². The molecule has 2 heteroatoms. The van der Waals surface area contributed by atoms with Crippen molar-refractivity contribution >= 4 is 21.5 Å². The minimum atomic E-state index is -1.19. The van der Waals surface area contributed by atoms with Gasteiger partial charge in [0.05, 0.1) is 0 Å². The maximum absolute atomic E-state index is 12.2. The minimum absolute atomic E-state index is 0.903. The molecule has 134 valence electrons. The number of halogens is 1. The van der Waals surface area contributed by atoms with Crippen molar-refractivity contribution in [1.82, 2.24) is 0 Å². The van der Waals surface area contributed by atoms with Crippen LogP contribution in [0.5, 0.6) is 0 Å². The Bertz CT molecular complexity index is 1060. The van der Waals surface area contributed by atoms with Crippen LogP contribution in [0, 0.1) is 0 Å². The first-order valence-corrected chi connectivity index (χ1v) is 9.89. The average molecular weight is 417 g/mol. The Balaban J connectivity index is 2.09. The standard InChI is InChI=1S/C25H21BrO/c1-3-10-20(17(2)18-11-5-4-6-12-18)25(27)21-14-8-7-13-19(21)24-22(25)15-9-16-23(24)26/h3-16,27H,1-2H3/b10-3-,20-17-. The van der Waals surface area contributed by atoms with Crippen molar-refractivity contribution in [3.63, 3.8) is 0 Å². The highest BCUT2D eigenvalue weighted by Crippen LogP contribution is 2.54. The maximum atomic E-state index is 12.2. The Morgan fingerprint density at radius 2 is 1.56 bits per heavy atom. The molecular weight excluding hydrogens is 396 g/mol. The van der Waals surface area contributed by atoms with Crippen LogP contribution in [-0.4, -0.2) is 5.11 Å². The summed E-state index contributed by atoms with van der Waals surface area (Å²) in [5.41, 5.74) is 5.88. The van der Waals surface area contributed by atoms with E-state index in [4.69, 9.17) is 0 Å². The molecular formula is C25H21BrO. The average Bonchev–Trinajstić information content (AvgIpc) is 2.97. The van der Waals surface area contributed by atoms with Gasteiger partial charge in [-0.1, -0.05) is 94.8 Å². The molecule has 0 heterocycles. The summed E-state index contributed by atoms with van der Waals surface area (Å²) >= 11 is 3.69. The lowest BCUT2D eigenvalue weighted by atomic mass is 9.80. The van der Waals surface area contributed by atoms with Gasteiger partial charge in [-0.2, -0.15) is 0 Å². The van der Waals surface area contributed by atoms with Crippen molar-refractivity contribution in [3.8, 4) is 11.1 Å². The van der Waals surface area contributed by atoms with Crippen molar-refractivity contribution in [1.29, 1.82) is 0 Å². The molecule has 0 amide bonds. The van der Waals surface area contributed by atoms with E-state index < -0.39 is 5.60 Å². The first-order valence-electron chi connectivity index (χ1n) is 9.09. The molecule has 0 saturated carbocycles. The zero-order chi connectivity index (χ0) is 19.0. The van der Waals surface area contributed by atoms with Crippen molar-refractivity contribution in [2.24, 2.45) is 0 Å². The molecule has 1 aliphatic carbocycles. The number of hydrogen-bond acceptors (Lipinski definition) is 1. The molecule has 1 aliphatic rings. The van der Waals surface area contributed by atoms with E-state index >= 15 is 0 Å². The maximum Gasteiger partial charge on any atom is 0.142 e. The fourth-order valence-corrected chi connectivity index (χ4v) is 4.66. The highest BCUT2D eigenvalue weighted by molar-refractivity contribution is 9.10. The highest BCUT2D eigenvalue weighted by Gasteiger charge is 2.45. The molecule has 0 aromatic heterocycles. The van der Waals surface area contributed by atoms with Crippen molar-refractivity contribution in [3.05, 3.63) is 112 Å². The molecule has 0 radical (unpaired) electrons. The molecule has 1 N–H and O–H groups in total. The second kappa shape index (κ2) is 6.95. The topological polar surface area (TPSA) is 20.2 Å². The zero-order valence-electron chi connectivity index (χ0n) is 15.4. The normalized spacial score (nSPS) is 19.0. The van der Waals surface area contributed by atoms with Crippen LogP contribution in [0.4, 0.5) is 0 Å². The molecule has 1 nitrogen and oxygen atoms in total. The number of benzene rings is 3. The van der Waals surface area contributed by atoms with Gasteiger partial charge in [-0.05, 0) is 42.2 Å². The number of aliphatic hydroxyl groups is 1. The fourth-order valence-electron chi connectivity index (χ4n) is 4.08. The molecule has 0 bridgehead atoms. The van der Waals surface area contributed by atoms with Crippen LogP contribution in [-0.2, 0) is 5.60 Å². The highest BCUT2D eigenvalue weighted by atomic mass is 79.9. The molecule has 0 fully saturated rings. The van der Waals surface area contributed by atoms with Crippen LogP contribution in [0.15, 0.2) is 95.0 Å². The van der Waals surface area contributed by atoms with Gasteiger partial charge in [0, 0.05) is 21.2 Å². The van der Waals surface area contributed by atoms with Crippen LogP contribution in [0.3, 0.4) is 0 Å². The molecule has 27 heavy (non-hydrogen) atoms. The molecule has 0 aliphatic heterocycles. The zero-order valence-corrected chi connectivity index (χ0v) is 17.0. The Kier molecular flexibility index (Phi) is 4.63. The van der Waals surface area contributed by atoms with Gasteiger partial charge < -0.3 is 5.11 Å². The van der Waals surface area contributed by atoms with Crippen molar-refractivity contribution in [2.45, 2.75) is 19.4 Å². The molecule has 1 atom stereocenters. The predicted octanol–water partition coefficient (Wildman–Crippen LogP) is 6.72. The smallest absolute Gasteiger partial charge is 0.142 e. The quantitative estimate of drug-likeness (QED) is 0.470. The molecule has 0 spiro atoms. The number of hydrogen-bond donors (Lipinski definition) is 1. The van der Waals surface area contributed by atoms with E-state index in [0.29, 0.717) is 0 Å². The molecule has 0 saturated heterocycles. The molecule has 4 rings (SSSR count). The fraction of sp³-hybridized carbons (Fsp3) is 0.120. The van der Waals surface area contributed by atoms with E-state index in [1.165, 1.54) is 0 Å². The third-order valence-electron chi connectivity index (χ3n) is 5.32. The van der Waals surface area contributed by atoms with E-state index in [-0.39, 0.29) is 0 Å². The van der Waals surface area contributed by atoms with E-state index in [1.54, 1.807) is 0 Å². The number of rotatable bonds is 3.